The summed E-state index contributed by atoms with van der Waals surface area (Å²) in [5, 5.41) is 9.27. The van der Waals surface area contributed by atoms with E-state index in [0.717, 1.165) is 17.5 Å². The molecule has 0 radical (unpaired) electrons. The molecule has 0 fully saturated rings. The molecule has 0 aliphatic rings. The van der Waals surface area contributed by atoms with Crippen LogP contribution in [0.1, 0.15) is 61.2 Å². The number of hydrogen-bond donors (Lipinski definition) is 1. The van der Waals surface area contributed by atoms with Gasteiger partial charge in [0.05, 0.1) is 18.3 Å². The summed E-state index contributed by atoms with van der Waals surface area (Å²) in [6, 6.07) is 20.3. The molecule has 3 aromatic rings. The second-order valence-electron chi connectivity index (χ2n) is 9.29. The molecule has 0 bridgehead atoms. The predicted molar refractivity (Wildman–Crippen MR) is 139 cm³/mol. The van der Waals surface area contributed by atoms with E-state index in [1.54, 1.807) is 12.1 Å². The molecule has 1 atom stereocenters. The Morgan fingerprint density at radius 2 is 1.67 bits per heavy atom. The third-order valence-electron chi connectivity index (χ3n) is 5.88. The fourth-order valence-electron chi connectivity index (χ4n) is 3.59. The number of benzene rings is 3. The van der Waals surface area contributed by atoms with Crippen molar-refractivity contribution in [1.82, 2.24) is 0 Å². The Bertz CT molecular complexity index is 1200. The highest BCUT2D eigenvalue weighted by atomic mass is 16.5. The number of rotatable bonds is 12. The molecule has 6 nitrogen and oxygen atoms in total. The van der Waals surface area contributed by atoms with Crippen LogP contribution in [0.2, 0.25) is 0 Å². The van der Waals surface area contributed by atoms with E-state index >= 15 is 0 Å². The molecule has 0 heterocycles. The van der Waals surface area contributed by atoms with Gasteiger partial charge in [-0.3, -0.25) is 4.79 Å². The topological polar surface area (TPSA) is 82.1 Å². The molecule has 3 rings (SSSR count). The lowest BCUT2D eigenvalue weighted by atomic mass is 9.99. The zero-order valence-electron chi connectivity index (χ0n) is 21.5. The highest BCUT2D eigenvalue weighted by Crippen LogP contribution is 2.28. The maximum Gasteiger partial charge on any atom is 0.347 e. The Morgan fingerprint density at radius 1 is 0.972 bits per heavy atom. The minimum absolute atomic E-state index is 0.0618. The molecule has 0 aromatic heterocycles. The van der Waals surface area contributed by atoms with Gasteiger partial charge in [0, 0.05) is 12.0 Å². The minimum Gasteiger partial charge on any atom is -0.493 e. The lowest BCUT2D eigenvalue weighted by Crippen LogP contribution is -2.38. The molecule has 1 unspecified atom stereocenters. The molecular formula is C30H34O6. The normalized spacial score (nSPS) is 12.0. The average Bonchev–Trinajstić information content (AvgIpc) is 2.86. The van der Waals surface area contributed by atoms with Crippen molar-refractivity contribution in [3.05, 3.63) is 89.0 Å². The average molecular weight is 491 g/mol. The van der Waals surface area contributed by atoms with E-state index in [0.29, 0.717) is 41.4 Å². The van der Waals surface area contributed by atoms with E-state index in [-0.39, 0.29) is 11.9 Å². The number of carbonyl (C=O) groups is 2. The Balaban J connectivity index is 1.62. The molecule has 0 saturated heterocycles. The summed E-state index contributed by atoms with van der Waals surface area (Å²) in [6.07, 6.45) is 1.26. The fraction of sp³-hybridized carbons (Fsp3) is 0.333. The largest absolute Gasteiger partial charge is 0.493 e. The van der Waals surface area contributed by atoms with Crippen LogP contribution in [0.5, 0.6) is 17.2 Å². The van der Waals surface area contributed by atoms with Gasteiger partial charge in [0.25, 0.3) is 0 Å². The molecule has 3 aromatic carbocycles. The number of ketones is 1. The van der Waals surface area contributed by atoms with Gasteiger partial charge in [-0.2, -0.15) is 0 Å². The number of carboxylic acids is 1. The first-order chi connectivity index (χ1) is 17.1. The Morgan fingerprint density at radius 3 is 2.31 bits per heavy atom. The number of carboxylic acid groups (broad SMARTS) is 1. The van der Waals surface area contributed by atoms with Crippen molar-refractivity contribution in [3.8, 4) is 17.2 Å². The smallest absolute Gasteiger partial charge is 0.347 e. The SMILES string of the molecule is CCc1ccc(OC(C)CCOc2ccc(OC(C)(C)C(=O)O)c(C)c2)c(C(=O)c2ccccc2)c1. The second-order valence-corrected chi connectivity index (χ2v) is 9.29. The van der Waals surface area contributed by atoms with Crippen molar-refractivity contribution in [2.45, 2.75) is 59.2 Å². The van der Waals surface area contributed by atoms with E-state index in [4.69, 9.17) is 14.2 Å². The van der Waals surface area contributed by atoms with Crippen molar-refractivity contribution in [2.75, 3.05) is 6.61 Å². The molecule has 190 valence electrons. The van der Waals surface area contributed by atoms with Gasteiger partial charge in [0.2, 0.25) is 0 Å². The van der Waals surface area contributed by atoms with Crippen LogP contribution >= 0.6 is 0 Å². The Kier molecular flexibility index (Phi) is 8.75. The van der Waals surface area contributed by atoms with E-state index < -0.39 is 11.6 Å². The van der Waals surface area contributed by atoms with Gasteiger partial charge in [-0.25, -0.2) is 4.79 Å². The van der Waals surface area contributed by atoms with Crippen LogP contribution in [0, 0.1) is 6.92 Å². The van der Waals surface area contributed by atoms with Crippen LogP contribution in [0.4, 0.5) is 0 Å². The first kappa shape index (κ1) is 26.8. The fourth-order valence-corrected chi connectivity index (χ4v) is 3.59. The van der Waals surface area contributed by atoms with Crippen LogP contribution in [0.15, 0.2) is 66.7 Å². The Labute approximate surface area is 212 Å². The van der Waals surface area contributed by atoms with E-state index in [1.165, 1.54) is 13.8 Å². The van der Waals surface area contributed by atoms with Gasteiger partial charge in [-0.15, -0.1) is 0 Å². The number of aryl methyl sites for hydroxylation is 2. The third kappa shape index (κ3) is 6.87. The molecular weight excluding hydrogens is 456 g/mol. The van der Waals surface area contributed by atoms with Crippen molar-refractivity contribution in [1.29, 1.82) is 0 Å². The summed E-state index contributed by atoms with van der Waals surface area (Å²) in [5.74, 6) is 0.624. The first-order valence-electron chi connectivity index (χ1n) is 12.2. The molecule has 0 spiro atoms. The number of aliphatic carboxylic acids is 1. The molecule has 0 amide bonds. The van der Waals surface area contributed by atoms with Gasteiger partial charge in [0.15, 0.2) is 11.4 Å². The summed E-state index contributed by atoms with van der Waals surface area (Å²) in [5.41, 5.74) is 1.72. The van der Waals surface area contributed by atoms with E-state index in [2.05, 4.69) is 6.92 Å². The van der Waals surface area contributed by atoms with Gasteiger partial charge in [0.1, 0.15) is 17.2 Å². The van der Waals surface area contributed by atoms with Crippen LogP contribution in [-0.2, 0) is 11.2 Å². The van der Waals surface area contributed by atoms with E-state index in [9.17, 15) is 14.7 Å². The predicted octanol–water partition coefficient (Wildman–Crippen LogP) is 6.27. The van der Waals surface area contributed by atoms with Gasteiger partial charge < -0.3 is 19.3 Å². The molecule has 6 heteroatoms. The Hall–Kier alpha value is -3.80. The van der Waals surface area contributed by atoms with Gasteiger partial charge in [-0.05, 0) is 75.6 Å². The molecule has 0 aliphatic heterocycles. The lowest BCUT2D eigenvalue weighted by Gasteiger charge is -2.23. The maximum absolute atomic E-state index is 13.2. The van der Waals surface area contributed by atoms with Crippen LogP contribution in [0.25, 0.3) is 0 Å². The third-order valence-corrected chi connectivity index (χ3v) is 5.88. The number of hydrogen-bond acceptors (Lipinski definition) is 5. The summed E-state index contributed by atoms with van der Waals surface area (Å²) in [6.45, 7) is 9.28. The highest BCUT2D eigenvalue weighted by Gasteiger charge is 2.30. The quantitative estimate of drug-likeness (QED) is 0.302. The van der Waals surface area contributed by atoms with Gasteiger partial charge >= 0.3 is 5.97 Å². The zero-order chi connectivity index (χ0) is 26.3. The summed E-state index contributed by atoms with van der Waals surface area (Å²) in [7, 11) is 0. The molecule has 1 N–H and O–H groups in total. The van der Waals surface area contributed by atoms with Gasteiger partial charge in [-0.1, -0.05) is 43.3 Å². The van der Waals surface area contributed by atoms with E-state index in [1.807, 2.05) is 68.4 Å². The number of ether oxygens (including phenoxy) is 3. The maximum atomic E-state index is 13.2. The summed E-state index contributed by atoms with van der Waals surface area (Å²) >= 11 is 0. The zero-order valence-corrected chi connectivity index (χ0v) is 21.5. The lowest BCUT2D eigenvalue weighted by molar-refractivity contribution is -0.152. The standard InChI is InChI=1S/C30H34O6/c1-6-22-12-14-27(25(19-22)28(31)23-10-8-7-9-11-23)35-21(3)16-17-34-24-13-15-26(20(2)18-24)36-30(4,5)29(32)33/h7-15,18-19,21H,6,16-17H2,1-5H3,(H,32,33). The van der Waals surface area contributed by atoms with Crippen molar-refractivity contribution < 1.29 is 28.9 Å². The van der Waals surface area contributed by atoms with Crippen molar-refractivity contribution >= 4 is 11.8 Å². The van der Waals surface area contributed by atoms with Crippen LogP contribution in [0.3, 0.4) is 0 Å². The summed E-state index contributed by atoms with van der Waals surface area (Å²) in [4.78, 5) is 24.5. The van der Waals surface area contributed by atoms with Crippen molar-refractivity contribution in [2.24, 2.45) is 0 Å². The molecule has 36 heavy (non-hydrogen) atoms. The second kappa shape index (κ2) is 11.8. The molecule has 0 saturated carbocycles. The van der Waals surface area contributed by atoms with Crippen molar-refractivity contribution in [3.63, 3.8) is 0 Å². The summed E-state index contributed by atoms with van der Waals surface area (Å²) < 4.78 is 17.7. The first-order valence-corrected chi connectivity index (χ1v) is 12.2. The molecule has 0 aliphatic carbocycles. The number of carbonyl (C=O) groups excluding carboxylic acids is 1. The monoisotopic (exact) mass is 490 g/mol. The highest BCUT2D eigenvalue weighted by molar-refractivity contribution is 6.10. The van der Waals surface area contributed by atoms with Crippen LogP contribution in [-0.4, -0.2) is 35.2 Å². The van der Waals surface area contributed by atoms with Crippen LogP contribution < -0.4 is 14.2 Å². The minimum atomic E-state index is -1.32.